The molecule has 7 nitrogen and oxygen atoms in total. The fourth-order valence-corrected chi connectivity index (χ4v) is 2.56. The largest absolute Gasteiger partial charge is 0.397 e. The Bertz CT molecular complexity index is 572. The lowest BCUT2D eigenvalue weighted by Gasteiger charge is -2.11. The molecular formula is C12H20N4O3S. The van der Waals surface area contributed by atoms with Gasteiger partial charge < -0.3 is 16.4 Å². The molecule has 0 aliphatic rings. The van der Waals surface area contributed by atoms with E-state index in [1.807, 2.05) is 0 Å². The van der Waals surface area contributed by atoms with Crippen LogP contribution in [-0.2, 0) is 10.0 Å². The topological polar surface area (TPSA) is 113 Å². The maximum atomic E-state index is 11.5. The molecular weight excluding hydrogens is 280 g/mol. The highest BCUT2D eigenvalue weighted by molar-refractivity contribution is 7.89. The predicted octanol–water partition coefficient (Wildman–Crippen LogP) is -0.0204. The van der Waals surface area contributed by atoms with Crippen molar-refractivity contribution in [2.45, 2.75) is 6.92 Å². The number of amides is 1. The van der Waals surface area contributed by atoms with Crippen LogP contribution in [0.3, 0.4) is 0 Å². The molecule has 1 aromatic rings. The lowest BCUT2D eigenvalue weighted by atomic mass is 10.1. The van der Waals surface area contributed by atoms with Gasteiger partial charge in [-0.3, -0.25) is 4.79 Å². The smallest absolute Gasteiger partial charge is 0.251 e. The Morgan fingerprint density at radius 3 is 2.65 bits per heavy atom. The van der Waals surface area contributed by atoms with Gasteiger partial charge in [0.2, 0.25) is 10.0 Å². The van der Waals surface area contributed by atoms with Crippen LogP contribution in [0.2, 0.25) is 0 Å². The highest BCUT2D eigenvalue weighted by Gasteiger charge is 2.10. The monoisotopic (exact) mass is 300 g/mol. The van der Waals surface area contributed by atoms with Crippen molar-refractivity contribution in [3.63, 3.8) is 0 Å². The molecule has 5 N–H and O–H groups in total. The zero-order valence-electron chi connectivity index (χ0n) is 11.6. The minimum atomic E-state index is -3.28. The van der Waals surface area contributed by atoms with E-state index in [1.165, 1.54) is 7.05 Å². The maximum Gasteiger partial charge on any atom is 0.251 e. The SMILES string of the molecule is CCNS(=O)(=O)CCNc1cc(C(=O)NC)ccc1N. The zero-order chi connectivity index (χ0) is 15.2. The van der Waals surface area contributed by atoms with E-state index in [4.69, 9.17) is 5.73 Å². The number of carbonyl (C=O) groups is 1. The first kappa shape index (κ1) is 16.3. The summed E-state index contributed by atoms with van der Waals surface area (Å²) in [6.07, 6.45) is 0. The number of hydrogen-bond acceptors (Lipinski definition) is 5. The van der Waals surface area contributed by atoms with Crippen LogP contribution in [0.1, 0.15) is 17.3 Å². The van der Waals surface area contributed by atoms with E-state index in [0.29, 0.717) is 23.5 Å². The number of benzene rings is 1. The second kappa shape index (κ2) is 7.11. The van der Waals surface area contributed by atoms with Gasteiger partial charge in [0, 0.05) is 25.7 Å². The van der Waals surface area contributed by atoms with E-state index in [9.17, 15) is 13.2 Å². The van der Waals surface area contributed by atoms with Crippen LogP contribution < -0.4 is 21.1 Å². The summed E-state index contributed by atoms with van der Waals surface area (Å²) in [5.74, 6) is -0.293. The van der Waals surface area contributed by atoms with Crippen molar-refractivity contribution in [2.24, 2.45) is 0 Å². The van der Waals surface area contributed by atoms with Crippen LogP contribution >= 0.6 is 0 Å². The van der Waals surface area contributed by atoms with Crippen molar-refractivity contribution in [3.8, 4) is 0 Å². The summed E-state index contributed by atoms with van der Waals surface area (Å²) in [4.78, 5) is 11.5. The third kappa shape index (κ3) is 4.71. The molecule has 0 aliphatic heterocycles. The summed E-state index contributed by atoms with van der Waals surface area (Å²) in [5.41, 5.74) is 7.23. The molecule has 0 atom stereocenters. The molecule has 0 unspecified atom stereocenters. The zero-order valence-corrected chi connectivity index (χ0v) is 12.4. The van der Waals surface area contributed by atoms with Crippen LogP contribution in [0, 0.1) is 0 Å². The Hall–Kier alpha value is -1.80. The van der Waals surface area contributed by atoms with Crippen LogP contribution in [-0.4, -0.2) is 40.2 Å². The van der Waals surface area contributed by atoms with Gasteiger partial charge in [-0.1, -0.05) is 6.92 Å². The molecule has 20 heavy (non-hydrogen) atoms. The van der Waals surface area contributed by atoms with Crippen LogP contribution in [0.4, 0.5) is 11.4 Å². The Kier molecular flexibility index (Phi) is 5.78. The highest BCUT2D eigenvalue weighted by Crippen LogP contribution is 2.19. The number of rotatable bonds is 7. The van der Waals surface area contributed by atoms with E-state index in [1.54, 1.807) is 25.1 Å². The summed E-state index contributed by atoms with van der Waals surface area (Å²) in [7, 11) is -1.74. The molecule has 0 fully saturated rings. The molecule has 0 aromatic heterocycles. The first-order valence-electron chi connectivity index (χ1n) is 6.22. The first-order chi connectivity index (χ1) is 9.39. The number of hydrogen-bond donors (Lipinski definition) is 4. The Labute approximate surface area is 119 Å². The van der Waals surface area contributed by atoms with Crippen molar-refractivity contribution >= 4 is 27.3 Å². The second-order valence-electron chi connectivity index (χ2n) is 4.12. The second-order valence-corrected chi connectivity index (χ2v) is 6.05. The summed E-state index contributed by atoms with van der Waals surface area (Å²) >= 11 is 0. The molecule has 0 aliphatic carbocycles. The summed E-state index contributed by atoms with van der Waals surface area (Å²) in [5, 5.41) is 5.43. The quantitative estimate of drug-likeness (QED) is 0.529. The van der Waals surface area contributed by atoms with Gasteiger partial charge in [-0.25, -0.2) is 13.1 Å². The summed E-state index contributed by atoms with van der Waals surface area (Å²) < 4.78 is 25.4. The molecule has 0 heterocycles. The lowest BCUT2D eigenvalue weighted by molar-refractivity contribution is 0.0963. The predicted molar refractivity (Wildman–Crippen MR) is 80.2 cm³/mol. The van der Waals surface area contributed by atoms with Gasteiger partial charge in [-0.2, -0.15) is 0 Å². The highest BCUT2D eigenvalue weighted by atomic mass is 32.2. The lowest BCUT2D eigenvalue weighted by Crippen LogP contribution is -2.29. The maximum absolute atomic E-state index is 11.5. The average Bonchev–Trinajstić information content (AvgIpc) is 2.39. The third-order valence-corrected chi connectivity index (χ3v) is 4.06. The van der Waals surface area contributed by atoms with E-state index < -0.39 is 10.0 Å². The van der Waals surface area contributed by atoms with Gasteiger partial charge in [0.15, 0.2) is 0 Å². The van der Waals surface area contributed by atoms with Crippen molar-refractivity contribution in [3.05, 3.63) is 23.8 Å². The molecule has 0 radical (unpaired) electrons. The number of anilines is 2. The van der Waals surface area contributed by atoms with E-state index in [2.05, 4.69) is 15.4 Å². The van der Waals surface area contributed by atoms with Gasteiger partial charge in [-0.05, 0) is 18.2 Å². The fourth-order valence-electron chi connectivity index (χ4n) is 1.61. The van der Waals surface area contributed by atoms with Crippen molar-refractivity contribution in [1.82, 2.24) is 10.0 Å². The van der Waals surface area contributed by atoms with Crippen LogP contribution in [0.25, 0.3) is 0 Å². The number of nitrogens with two attached hydrogens (primary N) is 1. The van der Waals surface area contributed by atoms with E-state index in [-0.39, 0.29) is 18.2 Å². The first-order valence-corrected chi connectivity index (χ1v) is 7.87. The van der Waals surface area contributed by atoms with Crippen LogP contribution in [0.15, 0.2) is 18.2 Å². The number of nitrogen functional groups attached to an aromatic ring is 1. The normalized spacial score (nSPS) is 11.1. The Balaban J connectivity index is 2.70. The van der Waals surface area contributed by atoms with Crippen molar-refractivity contribution < 1.29 is 13.2 Å². The molecule has 0 saturated heterocycles. The average molecular weight is 300 g/mol. The summed E-state index contributed by atoms with van der Waals surface area (Å²) in [6.45, 7) is 2.28. The molecule has 1 aromatic carbocycles. The van der Waals surface area contributed by atoms with E-state index >= 15 is 0 Å². The molecule has 0 spiro atoms. The number of nitrogens with one attached hydrogen (secondary N) is 3. The third-order valence-electron chi connectivity index (χ3n) is 2.59. The molecule has 8 heteroatoms. The van der Waals surface area contributed by atoms with Gasteiger partial charge in [0.05, 0.1) is 17.1 Å². The molecule has 112 valence electrons. The Morgan fingerprint density at radius 1 is 1.35 bits per heavy atom. The molecule has 0 bridgehead atoms. The summed E-state index contributed by atoms with van der Waals surface area (Å²) in [6, 6.07) is 4.80. The molecule has 1 amide bonds. The molecule has 1 rings (SSSR count). The van der Waals surface area contributed by atoms with Crippen molar-refractivity contribution in [1.29, 1.82) is 0 Å². The van der Waals surface area contributed by atoms with Gasteiger partial charge >= 0.3 is 0 Å². The van der Waals surface area contributed by atoms with E-state index in [0.717, 1.165) is 0 Å². The standard InChI is InChI=1S/C12H20N4O3S/c1-3-16-20(18,19)7-6-15-11-8-9(12(17)14-2)4-5-10(11)13/h4-5,8,15-16H,3,6-7,13H2,1-2H3,(H,14,17). The minimum absolute atomic E-state index is 0.0650. The number of sulfonamides is 1. The van der Waals surface area contributed by atoms with Gasteiger partial charge in [0.1, 0.15) is 0 Å². The van der Waals surface area contributed by atoms with Gasteiger partial charge in [-0.15, -0.1) is 0 Å². The van der Waals surface area contributed by atoms with Crippen LogP contribution in [0.5, 0.6) is 0 Å². The molecule has 0 saturated carbocycles. The van der Waals surface area contributed by atoms with Crippen molar-refractivity contribution in [2.75, 3.05) is 36.9 Å². The minimum Gasteiger partial charge on any atom is -0.397 e. The van der Waals surface area contributed by atoms with Gasteiger partial charge in [0.25, 0.3) is 5.91 Å². The number of carbonyl (C=O) groups excluding carboxylic acids is 1. The Morgan fingerprint density at radius 2 is 2.05 bits per heavy atom. The fraction of sp³-hybridized carbons (Fsp3) is 0.417.